The van der Waals surface area contributed by atoms with Crippen LogP contribution in [0.15, 0.2) is 12.2 Å². The van der Waals surface area contributed by atoms with E-state index < -0.39 is 0 Å². The molecule has 0 N–H and O–H groups in total. The van der Waals surface area contributed by atoms with Crippen LogP contribution in [0.2, 0.25) is 0 Å². The monoisotopic (exact) mass is 180 g/mol. The highest BCUT2D eigenvalue weighted by Gasteiger charge is 2.48. The van der Waals surface area contributed by atoms with Crippen LogP contribution in [0.4, 0.5) is 0 Å². The van der Waals surface area contributed by atoms with Crippen LogP contribution in [0, 0.1) is 17.8 Å². The highest BCUT2D eigenvalue weighted by Crippen LogP contribution is 2.52. The average molecular weight is 180 g/mol. The first-order chi connectivity index (χ1) is 6.43. The molecule has 2 aliphatic rings. The topological polar surface area (TPSA) is 9.23 Å². The molecule has 2 rings (SSSR count). The first-order valence-corrected chi connectivity index (χ1v) is 5.66. The summed E-state index contributed by atoms with van der Waals surface area (Å²) in [5.74, 6) is 2.90. The molecule has 0 aromatic carbocycles. The molecular weight excluding hydrogens is 160 g/mol. The van der Waals surface area contributed by atoms with Gasteiger partial charge in [0.25, 0.3) is 0 Å². The Labute approximate surface area is 81.2 Å². The van der Waals surface area contributed by atoms with Crippen LogP contribution in [0.1, 0.15) is 32.6 Å². The minimum atomic E-state index is 0.883. The van der Waals surface area contributed by atoms with Gasteiger partial charge >= 0.3 is 0 Å². The molecule has 0 aromatic heterocycles. The molecule has 0 heterocycles. The number of allylic oxidation sites excluding steroid dienone is 2. The molecule has 0 bridgehead atoms. The van der Waals surface area contributed by atoms with Crippen molar-refractivity contribution >= 4 is 0 Å². The molecule has 0 amide bonds. The van der Waals surface area contributed by atoms with Gasteiger partial charge in [-0.25, -0.2) is 0 Å². The Morgan fingerprint density at radius 2 is 1.77 bits per heavy atom. The zero-order chi connectivity index (χ0) is 9.10. The maximum atomic E-state index is 5.51. The fourth-order valence-electron chi connectivity index (χ4n) is 2.69. The van der Waals surface area contributed by atoms with Gasteiger partial charge in [-0.15, -0.1) is 0 Å². The molecule has 13 heavy (non-hydrogen) atoms. The Balaban J connectivity index is 1.78. The van der Waals surface area contributed by atoms with Gasteiger partial charge in [-0.2, -0.15) is 0 Å². The molecule has 1 heteroatoms. The molecule has 0 aromatic rings. The van der Waals surface area contributed by atoms with Crippen LogP contribution < -0.4 is 0 Å². The molecule has 0 aliphatic heterocycles. The average Bonchev–Trinajstić information content (AvgIpc) is 2.72. The first kappa shape index (κ1) is 9.26. The van der Waals surface area contributed by atoms with Crippen molar-refractivity contribution in [1.82, 2.24) is 0 Å². The van der Waals surface area contributed by atoms with Gasteiger partial charge < -0.3 is 4.74 Å². The summed E-state index contributed by atoms with van der Waals surface area (Å²) in [6.07, 6.45) is 10.1. The Bertz CT molecular complexity index is 170. The van der Waals surface area contributed by atoms with Crippen molar-refractivity contribution in [2.45, 2.75) is 32.6 Å². The van der Waals surface area contributed by atoms with Crippen molar-refractivity contribution in [3.63, 3.8) is 0 Å². The van der Waals surface area contributed by atoms with E-state index in [-0.39, 0.29) is 0 Å². The molecular formula is C12H20O. The van der Waals surface area contributed by atoms with Crippen molar-refractivity contribution < 1.29 is 4.74 Å². The summed E-state index contributed by atoms with van der Waals surface area (Å²) in [5, 5.41) is 0. The Hall–Kier alpha value is -0.300. The smallest absolute Gasteiger partial charge is 0.0499 e. The highest BCUT2D eigenvalue weighted by atomic mass is 16.5. The minimum Gasteiger partial charge on any atom is -0.381 e. The second-order valence-corrected chi connectivity index (χ2v) is 4.28. The van der Waals surface area contributed by atoms with Crippen LogP contribution in [0.5, 0.6) is 0 Å². The van der Waals surface area contributed by atoms with Crippen molar-refractivity contribution in [3.05, 3.63) is 12.2 Å². The lowest BCUT2D eigenvalue weighted by Crippen LogP contribution is -1.97. The molecule has 2 aliphatic carbocycles. The normalized spacial score (nSPS) is 40.2. The number of ether oxygens (including phenoxy) is 1. The standard InChI is InChI=1S/C12H20O/c1-2-13-9-12-10-7-5-3-4-6-8-11(10)12/h3-4,10-12H,2,5-9H2,1H3/b4-3+/t10-,11+,12?. The molecule has 74 valence electrons. The molecule has 1 fully saturated rings. The maximum absolute atomic E-state index is 5.51. The van der Waals surface area contributed by atoms with Crippen LogP contribution >= 0.6 is 0 Å². The zero-order valence-electron chi connectivity index (χ0n) is 8.54. The van der Waals surface area contributed by atoms with Gasteiger partial charge in [-0.1, -0.05) is 12.2 Å². The second kappa shape index (κ2) is 4.28. The summed E-state index contributed by atoms with van der Waals surface area (Å²) in [5.41, 5.74) is 0. The lowest BCUT2D eigenvalue weighted by Gasteiger charge is -1.99. The fraction of sp³-hybridized carbons (Fsp3) is 0.833. The Kier molecular flexibility index (Phi) is 3.05. The Morgan fingerprint density at radius 1 is 1.15 bits per heavy atom. The number of hydrogen-bond acceptors (Lipinski definition) is 1. The third-order valence-corrected chi connectivity index (χ3v) is 3.52. The van der Waals surface area contributed by atoms with Gasteiger partial charge in [0.1, 0.15) is 0 Å². The van der Waals surface area contributed by atoms with Gasteiger partial charge in [0, 0.05) is 13.2 Å². The number of fused-ring (bicyclic) bond motifs is 1. The van der Waals surface area contributed by atoms with Crippen LogP contribution in [-0.4, -0.2) is 13.2 Å². The lowest BCUT2D eigenvalue weighted by atomic mass is 10.1. The lowest BCUT2D eigenvalue weighted by molar-refractivity contribution is 0.130. The van der Waals surface area contributed by atoms with Gasteiger partial charge in [0.15, 0.2) is 0 Å². The molecule has 1 nitrogen and oxygen atoms in total. The zero-order valence-corrected chi connectivity index (χ0v) is 8.54. The predicted octanol–water partition coefficient (Wildman–Crippen LogP) is 3.02. The third kappa shape index (κ3) is 2.14. The molecule has 0 spiro atoms. The van der Waals surface area contributed by atoms with Crippen LogP contribution in [-0.2, 0) is 4.74 Å². The predicted molar refractivity (Wildman–Crippen MR) is 54.6 cm³/mol. The van der Waals surface area contributed by atoms with E-state index in [2.05, 4.69) is 19.1 Å². The SMILES string of the molecule is CCOCC1[C@H]2CC/C=C/CC[C@@H]12. The molecule has 0 radical (unpaired) electrons. The summed E-state index contributed by atoms with van der Waals surface area (Å²) >= 11 is 0. The van der Waals surface area contributed by atoms with Crippen molar-refractivity contribution in [2.75, 3.05) is 13.2 Å². The summed E-state index contributed by atoms with van der Waals surface area (Å²) < 4.78 is 5.51. The van der Waals surface area contributed by atoms with E-state index in [9.17, 15) is 0 Å². The van der Waals surface area contributed by atoms with Crippen LogP contribution in [0.3, 0.4) is 0 Å². The van der Waals surface area contributed by atoms with Crippen LogP contribution in [0.25, 0.3) is 0 Å². The molecule has 1 unspecified atom stereocenters. The summed E-state index contributed by atoms with van der Waals surface area (Å²) in [7, 11) is 0. The van der Waals surface area contributed by atoms with E-state index in [1.165, 1.54) is 25.7 Å². The van der Waals surface area contributed by atoms with Gasteiger partial charge in [0.05, 0.1) is 0 Å². The van der Waals surface area contributed by atoms with E-state index in [1.807, 2.05) is 0 Å². The van der Waals surface area contributed by atoms with Gasteiger partial charge in [-0.3, -0.25) is 0 Å². The molecule has 1 saturated carbocycles. The van der Waals surface area contributed by atoms with Gasteiger partial charge in [0.2, 0.25) is 0 Å². The third-order valence-electron chi connectivity index (χ3n) is 3.52. The summed E-state index contributed by atoms with van der Waals surface area (Å²) in [6, 6.07) is 0. The van der Waals surface area contributed by atoms with Crippen molar-refractivity contribution in [2.24, 2.45) is 17.8 Å². The van der Waals surface area contributed by atoms with E-state index in [0.29, 0.717) is 0 Å². The van der Waals surface area contributed by atoms with E-state index in [4.69, 9.17) is 4.74 Å². The Morgan fingerprint density at radius 3 is 2.31 bits per heavy atom. The summed E-state index contributed by atoms with van der Waals surface area (Å²) in [6.45, 7) is 3.99. The first-order valence-electron chi connectivity index (χ1n) is 5.66. The minimum absolute atomic E-state index is 0.883. The molecule has 3 atom stereocenters. The van der Waals surface area contributed by atoms with E-state index >= 15 is 0 Å². The van der Waals surface area contributed by atoms with Crippen molar-refractivity contribution in [3.8, 4) is 0 Å². The van der Waals surface area contributed by atoms with Gasteiger partial charge in [-0.05, 0) is 50.4 Å². The highest BCUT2D eigenvalue weighted by molar-refractivity contribution is 5.01. The second-order valence-electron chi connectivity index (χ2n) is 4.28. The fourth-order valence-corrected chi connectivity index (χ4v) is 2.69. The molecule has 0 saturated heterocycles. The quantitative estimate of drug-likeness (QED) is 0.607. The number of hydrogen-bond donors (Lipinski definition) is 0. The maximum Gasteiger partial charge on any atom is 0.0499 e. The van der Waals surface area contributed by atoms with Crippen molar-refractivity contribution in [1.29, 1.82) is 0 Å². The largest absolute Gasteiger partial charge is 0.381 e. The van der Waals surface area contributed by atoms with E-state index in [1.54, 1.807) is 0 Å². The number of rotatable bonds is 3. The summed E-state index contributed by atoms with van der Waals surface area (Å²) in [4.78, 5) is 0. The van der Waals surface area contributed by atoms with E-state index in [0.717, 1.165) is 31.0 Å².